The second-order valence-electron chi connectivity index (χ2n) is 4.33. The van der Waals surface area contributed by atoms with Gasteiger partial charge in [0.2, 0.25) is 11.1 Å². The zero-order chi connectivity index (χ0) is 15.4. The third kappa shape index (κ3) is 3.71. The molecule has 0 aliphatic heterocycles. The van der Waals surface area contributed by atoms with E-state index in [4.69, 9.17) is 4.42 Å². The van der Waals surface area contributed by atoms with Crippen LogP contribution in [0.1, 0.15) is 11.5 Å². The summed E-state index contributed by atoms with van der Waals surface area (Å²) >= 11 is 2.66. The zero-order valence-electron chi connectivity index (χ0n) is 11.6. The Balaban J connectivity index is 1.55. The van der Waals surface area contributed by atoms with Crippen LogP contribution in [-0.4, -0.2) is 36.9 Å². The highest BCUT2D eigenvalue weighted by molar-refractivity contribution is 7.99. The Kier molecular flexibility index (Phi) is 4.49. The number of carbonyl (C=O) groups is 1. The molecule has 3 heterocycles. The number of aromatic nitrogens is 5. The van der Waals surface area contributed by atoms with E-state index in [0.29, 0.717) is 16.8 Å². The summed E-state index contributed by atoms with van der Waals surface area (Å²) in [7, 11) is 0. The van der Waals surface area contributed by atoms with E-state index in [2.05, 4.69) is 25.8 Å². The van der Waals surface area contributed by atoms with Gasteiger partial charge in [0, 0.05) is 5.38 Å². The van der Waals surface area contributed by atoms with Crippen molar-refractivity contribution in [2.75, 3.05) is 11.1 Å². The number of anilines is 1. The van der Waals surface area contributed by atoms with Crippen molar-refractivity contribution >= 4 is 34.1 Å². The molecule has 0 aliphatic rings. The number of amides is 1. The fourth-order valence-electron chi connectivity index (χ4n) is 1.65. The van der Waals surface area contributed by atoms with Crippen LogP contribution in [0.25, 0.3) is 0 Å². The third-order valence-electron chi connectivity index (χ3n) is 2.58. The number of carbonyl (C=O) groups excluding carboxylic acids is 1. The minimum Gasteiger partial charge on any atom is -0.467 e. The van der Waals surface area contributed by atoms with Crippen LogP contribution >= 0.6 is 23.1 Å². The van der Waals surface area contributed by atoms with Crippen molar-refractivity contribution in [1.29, 1.82) is 0 Å². The van der Waals surface area contributed by atoms with Crippen LogP contribution in [-0.2, 0) is 11.3 Å². The highest BCUT2D eigenvalue weighted by atomic mass is 32.2. The molecule has 8 nitrogen and oxygen atoms in total. The Bertz CT molecular complexity index is 751. The minimum atomic E-state index is -0.146. The summed E-state index contributed by atoms with van der Waals surface area (Å²) in [6, 6.07) is 3.64. The number of nitrogens with one attached hydrogen (secondary N) is 1. The van der Waals surface area contributed by atoms with Gasteiger partial charge in [0.25, 0.3) is 0 Å². The number of furan rings is 1. The summed E-state index contributed by atoms with van der Waals surface area (Å²) in [5.74, 6) is 0.806. The molecular weight excluding hydrogens is 324 g/mol. The van der Waals surface area contributed by atoms with Crippen molar-refractivity contribution in [2.24, 2.45) is 0 Å². The molecule has 0 bridgehead atoms. The summed E-state index contributed by atoms with van der Waals surface area (Å²) in [6.07, 6.45) is 1.59. The van der Waals surface area contributed by atoms with Gasteiger partial charge >= 0.3 is 0 Å². The topological polar surface area (TPSA) is 98.7 Å². The average Bonchev–Trinajstić information content (AvgIpc) is 3.21. The highest BCUT2D eigenvalue weighted by Crippen LogP contribution is 2.18. The smallest absolute Gasteiger partial charge is 0.236 e. The van der Waals surface area contributed by atoms with Crippen molar-refractivity contribution < 1.29 is 9.21 Å². The second-order valence-corrected chi connectivity index (χ2v) is 6.13. The van der Waals surface area contributed by atoms with Crippen molar-refractivity contribution in [3.8, 4) is 0 Å². The van der Waals surface area contributed by atoms with E-state index in [1.54, 1.807) is 17.0 Å². The normalized spacial score (nSPS) is 10.8. The number of nitrogens with zero attached hydrogens (tertiary/aromatic N) is 5. The van der Waals surface area contributed by atoms with E-state index in [1.165, 1.54) is 23.1 Å². The average molecular weight is 336 g/mol. The van der Waals surface area contributed by atoms with E-state index in [0.717, 1.165) is 11.5 Å². The molecule has 1 amide bonds. The van der Waals surface area contributed by atoms with Gasteiger partial charge in [-0.25, -0.2) is 9.67 Å². The Morgan fingerprint density at radius 3 is 3.18 bits per heavy atom. The van der Waals surface area contributed by atoms with E-state index in [9.17, 15) is 4.79 Å². The Hall–Kier alpha value is -2.20. The standard InChI is InChI=1S/C12H12N6O2S2/c1-8-6-21-11(13-8)14-10(19)7-22-12-15-16-17-18(12)5-9-3-2-4-20-9/h2-4,6H,5,7H2,1H3,(H,13,14,19). The van der Waals surface area contributed by atoms with Crippen LogP contribution < -0.4 is 5.32 Å². The third-order valence-corrected chi connectivity index (χ3v) is 4.42. The lowest BCUT2D eigenvalue weighted by Crippen LogP contribution is -2.14. The quantitative estimate of drug-likeness (QED) is 0.685. The maximum absolute atomic E-state index is 11.9. The van der Waals surface area contributed by atoms with Gasteiger partial charge in [-0.1, -0.05) is 11.8 Å². The highest BCUT2D eigenvalue weighted by Gasteiger charge is 2.12. The van der Waals surface area contributed by atoms with E-state index < -0.39 is 0 Å². The first-order valence-electron chi connectivity index (χ1n) is 6.34. The van der Waals surface area contributed by atoms with E-state index in [-0.39, 0.29) is 11.7 Å². The van der Waals surface area contributed by atoms with Crippen molar-refractivity contribution in [1.82, 2.24) is 25.2 Å². The molecule has 0 aliphatic carbocycles. The number of rotatable bonds is 6. The summed E-state index contributed by atoms with van der Waals surface area (Å²) < 4.78 is 6.84. The second kappa shape index (κ2) is 6.71. The molecule has 0 atom stereocenters. The van der Waals surface area contributed by atoms with Crippen LogP contribution in [0.4, 0.5) is 5.13 Å². The number of aryl methyl sites for hydroxylation is 1. The minimum absolute atomic E-state index is 0.146. The summed E-state index contributed by atoms with van der Waals surface area (Å²) in [6.45, 7) is 2.30. The predicted octanol–water partition coefficient (Wildman–Crippen LogP) is 1.81. The Morgan fingerprint density at radius 1 is 1.55 bits per heavy atom. The van der Waals surface area contributed by atoms with Crippen LogP contribution in [0.5, 0.6) is 0 Å². The van der Waals surface area contributed by atoms with Crippen LogP contribution in [0.3, 0.4) is 0 Å². The molecule has 114 valence electrons. The zero-order valence-corrected chi connectivity index (χ0v) is 13.2. The van der Waals surface area contributed by atoms with Gasteiger partial charge in [-0.2, -0.15) is 0 Å². The van der Waals surface area contributed by atoms with Gasteiger partial charge in [0.15, 0.2) is 5.13 Å². The maximum Gasteiger partial charge on any atom is 0.236 e. The largest absolute Gasteiger partial charge is 0.467 e. The molecule has 0 saturated carbocycles. The van der Waals surface area contributed by atoms with Crippen LogP contribution in [0.15, 0.2) is 33.3 Å². The summed E-state index contributed by atoms with van der Waals surface area (Å²) in [5.41, 5.74) is 0.885. The van der Waals surface area contributed by atoms with Gasteiger partial charge in [0.1, 0.15) is 12.3 Å². The molecule has 3 rings (SSSR count). The van der Waals surface area contributed by atoms with Gasteiger partial charge < -0.3 is 9.73 Å². The fraction of sp³-hybridized carbons (Fsp3) is 0.250. The lowest BCUT2D eigenvalue weighted by molar-refractivity contribution is -0.113. The fourth-order valence-corrected chi connectivity index (χ4v) is 3.03. The Morgan fingerprint density at radius 2 is 2.45 bits per heavy atom. The summed E-state index contributed by atoms with van der Waals surface area (Å²) in [4.78, 5) is 16.1. The first-order chi connectivity index (χ1) is 10.7. The molecule has 0 aromatic carbocycles. The van der Waals surface area contributed by atoms with Gasteiger partial charge in [0.05, 0.1) is 17.7 Å². The predicted molar refractivity (Wildman–Crippen MR) is 81.8 cm³/mol. The first-order valence-corrected chi connectivity index (χ1v) is 8.20. The number of tetrazole rings is 1. The first kappa shape index (κ1) is 14.7. The number of hydrogen-bond acceptors (Lipinski definition) is 8. The van der Waals surface area contributed by atoms with Crippen molar-refractivity contribution in [3.05, 3.63) is 35.2 Å². The molecule has 0 spiro atoms. The van der Waals surface area contributed by atoms with E-state index >= 15 is 0 Å². The van der Waals surface area contributed by atoms with Crippen molar-refractivity contribution in [3.63, 3.8) is 0 Å². The summed E-state index contributed by atoms with van der Waals surface area (Å²) in [5, 5.41) is 17.2. The van der Waals surface area contributed by atoms with Gasteiger partial charge in [-0.3, -0.25) is 4.79 Å². The lowest BCUT2D eigenvalue weighted by atomic mass is 10.4. The molecular formula is C12H12N6O2S2. The molecule has 0 saturated heterocycles. The molecule has 3 aromatic rings. The lowest BCUT2D eigenvalue weighted by Gasteiger charge is -2.02. The molecule has 3 aromatic heterocycles. The van der Waals surface area contributed by atoms with Crippen molar-refractivity contribution in [2.45, 2.75) is 18.6 Å². The maximum atomic E-state index is 11.9. The monoisotopic (exact) mass is 336 g/mol. The molecule has 0 unspecified atom stereocenters. The Labute approximate surface area is 133 Å². The molecule has 22 heavy (non-hydrogen) atoms. The van der Waals surface area contributed by atoms with Gasteiger partial charge in [-0.15, -0.1) is 16.4 Å². The SMILES string of the molecule is Cc1csc(NC(=O)CSc2nnnn2Cc2ccco2)n1. The van der Waals surface area contributed by atoms with Gasteiger partial charge in [-0.05, 0) is 29.5 Å². The molecule has 0 fully saturated rings. The number of hydrogen-bond donors (Lipinski definition) is 1. The van der Waals surface area contributed by atoms with Crippen LogP contribution in [0, 0.1) is 6.92 Å². The number of thioether (sulfide) groups is 1. The molecule has 1 N–H and O–H groups in total. The van der Waals surface area contributed by atoms with Crippen LogP contribution in [0.2, 0.25) is 0 Å². The van der Waals surface area contributed by atoms with E-state index in [1.807, 2.05) is 18.4 Å². The molecule has 10 heteroatoms. The number of thiazole rings is 1. The molecule has 0 radical (unpaired) electrons.